The standard InChI is InChI=1S/C27H26N2O7S/c1-19-8-14-24(15-9-19)37(33,34)36-23-12-10-21(11-13-23)18-25(27(32)28-16-17-35-20(2)30)29-26(31)22-6-4-3-5-7-22/h3-15,18H,16-17H2,1-2H3,(H,28,32)(H,29,31)/b25-18+. The second-order valence-corrected chi connectivity index (χ2v) is 9.44. The maximum atomic E-state index is 12.8. The molecule has 2 N–H and O–H groups in total. The monoisotopic (exact) mass is 522 g/mol. The topological polar surface area (TPSA) is 128 Å². The molecule has 3 aromatic carbocycles. The Kier molecular flexibility index (Phi) is 9.17. The summed E-state index contributed by atoms with van der Waals surface area (Å²) in [6.45, 7) is 3.12. The minimum Gasteiger partial charge on any atom is -0.464 e. The third kappa shape index (κ3) is 8.32. The molecular formula is C27H26N2O7S. The van der Waals surface area contributed by atoms with Gasteiger partial charge in [0.1, 0.15) is 22.9 Å². The number of aryl methyl sites for hydroxylation is 1. The molecule has 0 heterocycles. The van der Waals surface area contributed by atoms with Crippen LogP contribution in [-0.4, -0.2) is 39.4 Å². The molecule has 0 unspecified atom stereocenters. The average molecular weight is 523 g/mol. The van der Waals surface area contributed by atoms with Crippen LogP contribution in [0.2, 0.25) is 0 Å². The zero-order valence-corrected chi connectivity index (χ0v) is 21.1. The third-order valence-corrected chi connectivity index (χ3v) is 6.19. The van der Waals surface area contributed by atoms with Crippen molar-refractivity contribution in [2.24, 2.45) is 0 Å². The molecule has 0 radical (unpaired) electrons. The van der Waals surface area contributed by atoms with Gasteiger partial charge in [-0.2, -0.15) is 8.42 Å². The van der Waals surface area contributed by atoms with Gasteiger partial charge in [-0.3, -0.25) is 14.4 Å². The number of nitrogens with one attached hydrogen (secondary N) is 2. The van der Waals surface area contributed by atoms with Crippen molar-refractivity contribution in [1.29, 1.82) is 0 Å². The molecule has 0 aliphatic heterocycles. The number of rotatable bonds is 10. The van der Waals surface area contributed by atoms with Crippen molar-refractivity contribution in [3.05, 3.63) is 101 Å². The molecule has 3 rings (SSSR count). The Bertz CT molecular complexity index is 1380. The van der Waals surface area contributed by atoms with E-state index in [2.05, 4.69) is 10.6 Å². The molecule has 0 saturated heterocycles. The van der Waals surface area contributed by atoms with E-state index < -0.39 is 27.9 Å². The Balaban J connectivity index is 1.77. The van der Waals surface area contributed by atoms with E-state index in [4.69, 9.17) is 8.92 Å². The van der Waals surface area contributed by atoms with Crippen LogP contribution in [-0.2, 0) is 24.4 Å². The fourth-order valence-electron chi connectivity index (χ4n) is 3.06. The van der Waals surface area contributed by atoms with Gasteiger partial charge < -0.3 is 19.6 Å². The van der Waals surface area contributed by atoms with Crippen molar-refractivity contribution in [2.75, 3.05) is 13.2 Å². The fraction of sp³-hybridized carbons (Fsp3) is 0.148. The molecule has 37 heavy (non-hydrogen) atoms. The highest BCUT2D eigenvalue weighted by molar-refractivity contribution is 7.87. The smallest absolute Gasteiger partial charge is 0.339 e. The minimum atomic E-state index is -4.02. The lowest BCUT2D eigenvalue weighted by Crippen LogP contribution is -2.36. The van der Waals surface area contributed by atoms with Gasteiger partial charge in [0, 0.05) is 12.5 Å². The van der Waals surface area contributed by atoms with Gasteiger partial charge >= 0.3 is 16.1 Å². The summed E-state index contributed by atoms with van der Waals surface area (Å²) in [5.74, 6) is -1.49. The largest absolute Gasteiger partial charge is 0.464 e. The van der Waals surface area contributed by atoms with Gasteiger partial charge in [0.25, 0.3) is 11.8 Å². The summed E-state index contributed by atoms with van der Waals surface area (Å²) in [5, 5.41) is 5.16. The highest BCUT2D eigenvalue weighted by Crippen LogP contribution is 2.20. The molecule has 10 heteroatoms. The second-order valence-electron chi connectivity index (χ2n) is 7.89. The first kappa shape index (κ1) is 27.2. The van der Waals surface area contributed by atoms with E-state index in [-0.39, 0.29) is 29.5 Å². The van der Waals surface area contributed by atoms with E-state index in [1.165, 1.54) is 37.3 Å². The lowest BCUT2D eigenvalue weighted by Gasteiger charge is -2.12. The Labute approximate surface area is 215 Å². The van der Waals surface area contributed by atoms with Crippen molar-refractivity contribution in [3.63, 3.8) is 0 Å². The van der Waals surface area contributed by atoms with Crippen molar-refractivity contribution in [1.82, 2.24) is 10.6 Å². The highest BCUT2D eigenvalue weighted by atomic mass is 32.2. The molecule has 0 aliphatic carbocycles. The van der Waals surface area contributed by atoms with Crippen LogP contribution in [0.5, 0.6) is 5.75 Å². The Morgan fingerprint density at radius 2 is 1.54 bits per heavy atom. The first-order valence-corrected chi connectivity index (χ1v) is 12.7. The van der Waals surface area contributed by atoms with Crippen LogP contribution < -0.4 is 14.8 Å². The number of hydrogen-bond donors (Lipinski definition) is 2. The summed E-state index contributed by atoms with van der Waals surface area (Å²) in [6.07, 6.45) is 1.43. The van der Waals surface area contributed by atoms with Gasteiger partial charge in [0.15, 0.2) is 0 Å². The molecule has 9 nitrogen and oxygen atoms in total. The average Bonchev–Trinajstić information content (AvgIpc) is 2.87. The fourth-order valence-corrected chi connectivity index (χ4v) is 3.99. The third-order valence-electron chi connectivity index (χ3n) is 4.93. The molecule has 0 bridgehead atoms. The highest BCUT2D eigenvalue weighted by Gasteiger charge is 2.17. The zero-order valence-electron chi connectivity index (χ0n) is 20.3. The second kappa shape index (κ2) is 12.5. The quantitative estimate of drug-likeness (QED) is 0.181. The van der Waals surface area contributed by atoms with Crippen molar-refractivity contribution in [3.8, 4) is 5.75 Å². The number of esters is 1. The molecular weight excluding hydrogens is 496 g/mol. The molecule has 0 aromatic heterocycles. The number of carbonyl (C=O) groups excluding carboxylic acids is 3. The number of carbonyl (C=O) groups is 3. The van der Waals surface area contributed by atoms with Crippen LogP contribution in [0.4, 0.5) is 0 Å². The molecule has 0 saturated carbocycles. The van der Waals surface area contributed by atoms with E-state index in [9.17, 15) is 22.8 Å². The van der Waals surface area contributed by atoms with Gasteiger partial charge in [-0.15, -0.1) is 0 Å². The molecule has 2 amide bonds. The van der Waals surface area contributed by atoms with Crippen LogP contribution in [0.15, 0.2) is 89.5 Å². The van der Waals surface area contributed by atoms with Gasteiger partial charge in [-0.25, -0.2) is 0 Å². The Morgan fingerprint density at radius 1 is 0.892 bits per heavy atom. The van der Waals surface area contributed by atoms with E-state index in [0.29, 0.717) is 11.1 Å². The summed E-state index contributed by atoms with van der Waals surface area (Å²) in [4.78, 5) is 36.4. The predicted octanol–water partition coefficient (Wildman–Crippen LogP) is 3.21. The summed E-state index contributed by atoms with van der Waals surface area (Å²) in [7, 11) is -4.02. The van der Waals surface area contributed by atoms with Crippen LogP contribution >= 0.6 is 0 Å². The van der Waals surface area contributed by atoms with E-state index >= 15 is 0 Å². The first-order chi connectivity index (χ1) is 17.6. The van der Waals surface area contributed by atoms with E-state index in [0.717, 1.165) is 5.56 Å². The minimum absolute atomic E-state index is 0.0253. The number of ether oxygens (including phenoxy) is 1. The summed E-state index contributed by atoms with van der Waals surface area (Å²) < 4.78 is 35.1. The molecule has 0 spiro atoms. The SMILES string of the molecule is CC(=O)OCCNC(=O)/C(=C\c1ccc(OS(=O)(=O)c2ccc(C)cc2)cc1)NC(=O)c1ccccc1. The molecule has 0 atom stereocenters. The lowest BCUT2D eigenvalue weighted by atomic mass is 10.1. The van der Waals surface area contributed by atoms with Crippen LogP contribution in [0.3, 0.4) is 0 Å². The van der Waals surface area contributed by atoms with Gasteiger partial charge in [0.05, 0.1) is 6.54 Å². The van der Waals surface area contributed by atoms with Gasteiger partial charge in [-0.05, 0) is 55.0 Å². The molecule has 0 fully saturated rings. The van der Waals surface area contributed by atoms with Crippen molar-refractivity contribution < 1.29 is 31.7 Å². The maximum absolute atomic E-state index is 12.8. The van der Waals surface area contributed by atoms with Crippen LogP contribution in [0.1, 0.15) is 28.4 Å². The van der Waals surface area contributed by atoms with E-state index in [1.807, 2.05) is 6.92 Å². The summed E-state index contributed by atoms with van der Waals surface area (Å²) in [5.41, 5.74) is 1.71. The first-order valence-electron chi connectivity index (χ1n) is 11.2. The van der Waals surface area contributed by atoms with Gasteiger partial charge in [0.2, 0.25) is 0 Å². The predicted molar refractivity (Wildman–Crippen MR) is 137 cm³/mol. The normalized spacial score (nSPS) is 11.4. The molecule has 192 valence electrons. The van der Waals surface area contributed by atoms with Crippen molar-refractivity contribution in [2.45, 2.75) is 18.7 Å². The number of hydrogen-bond acceptors (Lipinski definition) is 7. The van der Waals surface area contributed by atoms with Gasteiger partial charge in [-0.1, -0.05) is 48.0 Å². The maximum Gasteiger partial charge on any atom is 0.339 e. The van der Waals surface area contributed by atoms with Crippen LogP contribution in [0, 0.1) is 6.92 Å². The number of benzene rings is 3. The lowest BCUT2D eigenvalue weighted by molar-refractivity contribution is -0.141. The Morgan fingerprint density at radius 3 is 2.16 bits per heavy atom. The zero-order chi connectivity index (χ0) is 26.8. The molecule has 0 aliphatic rings. The number of amides is 2. The van der Waals surface area contributed by atoms with E-state index in [1.54, 1.807) is 54.6 Å². The molecule has 3 aromatic rings. The summed E-state index contributed by atoms with van der Waals surface area (Å²) in [6, 6.07) is 20.6. The van der Waals surface area contributed by atoms with Crippen molar-refractivity contribution >= 4 is 34.0 Å². The Hall–Kier alpha value is -4.44. The van der Waals surface area contributed by atoms with Crippen LogP contribution in [0.25, 0.3) is 6.08 Å². The summed E-state index contributed by atoms with van der Waals surface area (Å²) >= 11 is 0.